The zero-order chi connectivity index (χ0) is 28.7. The Bertz CT molecular complexity index is 1610. The van der Waals surface area contributed by atoms with E-state index in [1.807, 2.05) is 6.07 Å². The molecule has 0 N–H and O–H groups in total. The molecule has 41 heavy (non-hydrogen) atoms. The Balaban J connectivity index is 1.14. The summed E-state index contributed by atoms with van der Waals surface area (Å²) in [5.41, 5.74) is 2.07. The van der Waals surface area contributed by atoms with Crippen LogP contribution in [0.1, 0.15) is 34.4 Å². The fourth-order valence-corrected chi connectivity index (χ4v) is 5.46. The van der Waals surface area contributed by atoms with Crippen molar-refractivity contribution in [2.45, 2.75) is 26.1 Å². The quantitative estimate of drug-likeness (QED) is 0.239. The van der Waals surface area contributed by atoms with Crippen LogP contribution in [0.25, 0.3) is 16.6 Å². The highest BCUT2D eigenvalue weighted by Gasteiger charge is 2.33. The number of alkyl halides is 3. The van der Waals surface area contributed by atoms with Crippen LogP contribution in [-0.4, -0.2) is 64.7 Å². The molecule has 0 spiro atoms. The minimum Gasteiger partial charge on any atom is -0.485 e. The molecular formula is C29H27F4N5O3. The Kier molecular flexibility index (Phi) is 7.02. The number of benzene rings is 2. The van der Waals surface area contributed by atoms with Crippen LogP contribution in [0.15, 0.2) is 48.8 Å². The van der Waals surface area contributed by atoms with Crippen molar-refractivity contribution in [3.8, 4) is 11.4 Å². The van der Waals surface area contributed by atoms with Crippen molar-refractivity contribution in [3.63, 3.8) is 0 Å². The summed E-state index contributed by atoms with van der Waals surface area (Å²) in [4.78, 5) is 24.6. The summed E-state index contributed by atoms with van der Waals surface area (Å²) in [5.74, 6) is -0.455. The number of ether oxygens (including phenoxy) is 2. The zero-order valence-corrected chi connectivity index (χ0v) is 22.2. The van der Waals surface area contributed by atoms with Gasteiger partial charge in [0.15, 0.2) is 5.69 Å². The summed E-state index contributed by atoms with van der Waals surface area (Å²) in [6, 6.07) is 10.7. The average Bonchev–Trinajstić information content (AvgIpc) is 3.41. The van der Waals surface area contributed by atoms with Gasteiger partial charge in [-0.3, -0.25) is 9.47 Å². The summed E-state index contributed by atoms with van der Waals surface area (Å²) in [5, 5.41) is 0.675. The Morgan fingerprint density at radius 3 is 2.61 bits per heavy atom. The van der Waals surface area contributed by atoms with E-state index in [4.69, 9.17) is 9.47 Å². The van der Waals surface area contributed by atoms with Crippen LogP contribution in [0.2, 0.25) is 0 Å². The number of aromatic nitrogens is 3. The fourth-order valence-electron chi connectivity index (χ4n) is 5.46. The maximum atomic E-state index is 15.0. The molecule has 2 aliphatic rings. The third-order valence-corrected chi connectivity index (χ3v) is 7.52. The average molecular weight is 570 g/mol. The number of hydrogen-bond acceptors (Lipinski definition) is 7. The van der Waals surface area contributed by atoms with Gasteiger partial charge in [0, 0.05) is 49.4 Å². The number of imidazole rings is 1. The SMILES string of the molecule is CCOC(=O)c1ncn2c1COc1c-2ccc(F)c1CCN1CCN(c2cccc3nc(C(F)(F)F)ccc23)CC1. The number of halogens is 4. The van der Waals surface area contributed by atoms with Gasteiger partial charge in [-0.25, -0.2) is 19.2 Å². The first-order valence-electron chi connectivity index (χ1n) is 13.4. The molecule has 4 heterocycles. The van der Waals surface area contributed by atoms with Crippen LogP contribution in [-0.2, 0) is 23.9 Å². The van der Waals surface area contributed by atoms with Gasteiger partial charge in [0.25, 0.3) is 0 Å². The number of carbonyl (C=O) groups is 1. The molecule has 1 saturated heterocycles. The molecule has 1 fully saturated rings. The van der Waals surface area contributed by atoms with Gasteiger partial charge in [-0.2, -0.15) is 13.2 Å². The van der Waals surface area contributed by atoms with E-state index in [0.29, 0.717) is 72.7 Å². The van der Waals surface area contributed by atoms with Crippen LogP contribution in [0.3, 0.4) is 0 Å². The summed E-state index contributed by atoms with van der Waals surface area (Å²) in [6.45, 7) is 5.36. The van der Waals surface area contributed by atoms with Gasteiger partial charge in [-0.15, -0.1) is 0 Å². The maximum absolute atomic E-state index is 15.0. The second kappa shape index (κ2) is 10.7. The van der Waals surface area contributed by atoms with Gasteiger partial charge in [-0.05, 0) is 49.7 Å². The monoisotopic (exact) mass is 569 g/mol. The smallest absolute Gasteiger partial charge is 0.433 e. The topological polar surface area (TPSA) is 72.7 Å². The number of piperazine rings is 1. The molecule has 12 heteroatoms. The van der Waals surface area contributed by atoms with Gasteiger partial charge in [-0.1, -0.05) is 6.07 Å². The van der Waals surface area contributed by atoms with Gasteiger partial charge in [0.2, 0.25) is 0 Å². The standard InChI is InChI=1S/C29H27F4N5O3/c1-2-40-28(39)26-24-16-41-27-18(20(30)7-8-23(27)38(24)17-34-26)10-11-36-12-14-37(15-13-36)22-5-3-4-21-19(22)6-9-25(35-21)29(31,32)33/h3-9,17H,2,10-16H2,1H3. The van der Waals surface area contributed by atoms with E-state index in [1.165, 1.54) is 18.5 Å². The van der Waals surface area contributed by atoms with E-state index < -0.39 is 17.8 Å². The molecule has 6 rings (SSSR count). The second-order valence-electron chi connectivity index (χ2n) is 9.91. The number of anilines is 1. The number of esters is 1. The van der Waals surface area contributed by atoms with E-state index in [1.54, 1.807) is 29.7 Å². The van der Waals surface area contributed by atoms with Crippen molar-refractivity contribution in [1.29, 1.82) is 0 Å². The maximum Gasteiger partial charge on any atom is 0.433 e. The lowest BCUT2D eigenvalue weighted by atomic mass is 10.1. The van der Waals surface area contributed by atoms with E-state index in [2.05, 4.69) is 19.8 Å². The van der Waals surface area contributed by atoms with Gasteiger partial charge in [0.05, 0.1) is 23.5 Å². The number of hydrogen-bond donors (Lipinski definition) is 0. The van der Waals surface area contributed by atoms with Crippen molar-refractivity contribution in [2.75, 3.05) is 44.2 Å². The van der Waals surface area contributed by atoms with Gasteiger partial charge < -0.3 is 14.4 Å². The summed E-state index contributed by atoms with van der Waals surface area (Å²) >= 11 is 0. The van der Waals surface area contributed by atoms with Crippen LogP contribution >= 0.6 is 0 Å². The molecule has 8 nitrogen and oxygen atoms in total. The Morgan fingerprint density at radius 1 is 1.05 bits per heavy atom. The second-order valence-corrected chi connectivity index (χ2v) is 9.91. The molecule has 2 aromatic carbocycles. The predicted molar refractivity (Wildman–Crippen MR) is 143 cm³/mol. The van der Waals surface area contributed by atoms with Gasteiger partial charge >= 0.3 is 12.1 Å². The third-order valence-electron chi connectivity index (χ3n) is 7.52. The molecule has 0 amide bonds. The van der Waals surface area contributed by atoms with E-state index in [-0.39, 0.29) is 24.7 Å². The minimum atomic E-state index is -4.50. The van der Waals surface area contributed by atoms with E-state index in [9.17, 15) is 22.4 Å². The van der Waals surface area contributed by atoms with Crippen LogP contribution in [0.5, 0.6) is 5.75 Å². The molecular weight excluding hydrogens is 542 g/mol. The van der Waals surface area contributed by atoms with Crippen LogP contribution < -0.4 is 9.64 Å². The van der Waals surface area contributed by atoms with Gasteiger partial charge in [0.1, 0.15) is 30.2 Å². The lowest BCUT2D eigenvalue weighted by Crippen LogP contribution is -2.47. The lowest BCUT2D eigenvalue weighted by Gasteiger charge is -2.36. The first kappa shape index (κ1) is 27.0. The number of rotatable bonds is 6. The van der Waals surface area contributed by atoms with Crippen molar-refractivity contribution in [3.05, 3.63) is 77.3 Å². The van der Waals surface area contributed by atoms with Crippen molar-refractivity contribution >= 4 is 22.6 Å². The Labute approximate surface area is 233 Å². The van der Waals surface area contributed by atoms with Crippen molar-refractivity contribution < 1.29 is 31.8 Å². The highest BCUT2D eigenvalue weighted by atomic mass is 19.4. The molecule has 4 aromatic rings. The molecule has 214 valence electrons. The number of nitrogens with zero attached hydrogens (tertiary/aromatic N) is 5. The normalized spacial score (nSPS) is 15.4. The fraction of sp³-hybridized carbons (Fsp3) is 0.345. The van der Waals surface area contributed by atoms with E-state index in [0.717, 1.165) is 11.8 Å². The predicted octanol–water partition coefficient (Wildman–Crippen LogP) is 5.01. The highest BCUT2D eigenvalue weighted by Crippen LogP contribution is 2.36. The Morgan fingerprint density at radius 2 is 1.85 bits per heavy atom. The molecule has 0 saturated carbocycles. The molecule has 0 aliphatic carbocycles. The molecule has 2 aliphatic heterocycles. The highest BCUT2D eigenvalue weighted by molar-refractivity contribution is 5.92. The molecule has 0 bridgehead atoms. The summed E-state index contributed by atoms with van der Waals surface area (Å²) in [6.07, 6.45) is -2.55. The molecule has 0 radical (unpaired) electrons. The zero-order valence-electron chi connectivity index (χ0n) is 22.2. The van der Waals surface area contributed by atoms with Crippen LogP contribution in [0.4, 0.5) is 23.2 Å². The largest absolute Gasteiger partial charge is 0.485 e. The molecule has 0 atom stereocenters. The Hall–Kier alpha value is -4.19. The van der Waals surface area contributed by atoms with E-state index >= 15 is 0 Å². The lowest BCUT2D eigenvalue weighted by molar-refractivity contribution is -0.140. The first-order valence-corrected chi connectivity index (χ1v) is 13.4. The third kappa shape index (κ3) is 5.08. The van der Waals surface area contributed by atoms with Crippen LogP contribution in [0, 0.1) is 5.82 Å². The molecule has 0 unspecified atom stereocenters. The van der Waals surface area contributed by atoms with Crippen molar-refractivity contribution in [2.24, 2.45) is 0 Å². The number of fused-ring (bicyclic) bond motifs is 4. The number of carbonyl (C=O) groups excluding carboxylic acids is 1. The first-order chi connectivity index (χ1) is 19.7. The van der Waals surface area contributed by atoms with Crippen molar-refractivity contribution in [1.82, 2.24) is 19.4 Å². The number of pyridine rings is 1. The summed E-state index contributed by atoms with van der Waals surface area (Å²) in [7, 11) is 0. The minimum absolute atomic E-state index is 0.0701. The molecule has 2 aromatic heterocycles. The summed E-state index contributed by atoms with van der Waals surface area (Å²) < 4.78 is 67.1.